The van der Waals surface area contributed by atoms with Gasteiger partial charge in [0.15, 0.2) is 0 Å². The van der Waals surface area contributed by atoms with Crippen molar-refractivity contribution in [1.82, 2.24) is 4.90 Å². The highest BCUT2D eigenvalue weighted by molar-refractivity contribution is 5.34. The van der Waals surface area contributed by atoms with E-state index in [1.807, 2.05) is 0 Å². The molecule has 0 saturated heterocycles. The minimum atomic E-state index is 0.423. The van der Waals surface area contributed by atoms with Gasteiger partial charge in [0.05, 0.1) is 0 Å². The van der Waals surface area contributed by atoms with Crippen LogP contribution in [0.2, 0.25) is 0 Å². The second kappa shape index (κ2) is 5.19. The van der Waals surface area contributed by atoms with E-state index in [0.717, 1.165) is 13.0 Å². The molecule has 0 heterocycles. The van der Waals surface area contributed by atoms with Crippen LogP contribution >= 0.6 is 0 Å². The third-order valence-electron chi connectivity index (χ3n) is 3.81. The molecule has 2 nitrogen and oxygen atoms in total. The molecule has 0 aromatic heterocycles. The second-order valence-corrected chi connectivity index (χ2v) is 5.75. The fourth-order valence-corrected chi connectivity index (χ4v) is 3.29. The average Bonchev–Trinajstić information content (AvgIpc) is 2.63. The maximum Gasteiger partial charge on any atom is 0.00383 e. The molecule has 2 heteroatoms. The maximum atomic E-state index is 5.69. The van der Waals surface area contributed by atoms with Gasteiger partial charge in [0.2, 0.25) is 0 Å². The molecule has 1 aliphatic carbocycles. The smallest absolute Gasteiger partial charge is 0.00383 e. The summed E-state index contributed by atoms with van der Waals surface area (Å²) in [5.41, 5.74) is 9.21. The molecule has 0 unspecified atom stereocenters. The van der Waals surface area contributed by atoms with Crippen LogP contribution in [0.3, 0.4) is 0 Å². The van der Waals surface area contributed by atoms with E-state index >= 15 is 0 Å². The number of fused-ring (bicyclic) bond motifs is 1. The zero-order valence-electron chi connectivity index (χ0n) is 11.1. The molecule has 0 fully saturated rings. The zero-order chi connectivity index (χ0) is 12.3. The Morgan fingerprint density at radius 1 is 1.18 bits per heavy atom. The molecule has 0 bridgehead atoms. The van der Waals surface area contributed by atoms with Gasteiger partial charge in [0.25, 0.3) is 0 Å². The first-order valence-corrected chi connectivity index (χ1v) is 6.57. The SMILES string of the molecule is CN(C)CC1(CCCN)Cc2ccccc2C1. The highest BCUT2D eigenvalue weighted by Gasteiger charge is 2.36. The largest absolute Gasteiger partial charge is 0.330 e. The van der Waals surface area contributed by atoms with Crippen molar-refractivity contribution in [2.45, 2.75) is 25.7 Å². The van der Waals surface area contributed by atoms with E-state index in [1.54, 1.807) is 11.1 Å². The van der Waals surface area contributed by atoms with Gasteiger partial charge < -0.3 is 10.6 Å². The molecule has 0 spiro atoms. The molecule has 2 N–H and O–H groups in total. The minimum absolute atomic E-state index is 0.423. The number of benzene rings is 1. The fraction of sp³-hybridized carbons (Fsp3) is 0.600. The van der Waals surface area contributed by atoms with Gasteiger partial charge in [0, 0.05) is 6.54 Å². The summed E-state index contributed by atoms with van der Waals surface area (Å²) in [6.45, 7) is 1.98. The van der Waals surface area contributed by atoms with Crippen LogP contribution in [-0.2, 0) is 12.8 Å². The van der Waals surface area contributed by atoms with Crippen molar-refractivity contribution >= 4 is 0 Å². The van der Waals surface area contributed by atoms with Crippen LogP contribution in [0.4, 0.5) is 0 Å². The first-order valence-electron chi connectivity index (χ1n) is 6.57. The van der Waals surface area contributed by atoms with E-state index in [4.69, 9.17) is 5.73 Å². The van der Waals surface area contributed by atoms with Crippen LogP contribution in [0.15, 0.2) is 24.3 Å². The van der Waals surface area contributed by atoms with Gasteiger partial charge in [-0.05, 0) is 62.9 Å². The predicted octanol–water partition coefficient (Wildman–Crippen LogP) is 2.07. The van der Waals surface area contributed by atoms with Crippen molar-refractivity contribution in [2.24, 2.45) is 11.1 Å². The highest BCUT2D eigenvalue weighted by Crippen LogP contribution is 2.40. The third kappa shape index (κ3) is 2.88. The van der Waals surface area contributed by atoms with Crippen LogP contribution < -0.4 is 5.73 Å². The van der Waals surface area contributed by atoms with E-state index in [-0.39, 0.29) is 0 Å². The van der Waals surface area contributed by atoms with Crippen molar-refractivity contribution in [1.29, 1.82) is 0 Å². The zero-order valence-corrected chi connectivity index (χ0v) is 11.1. The molecule has 0 aliphatic heterocycles. The van der Waals surface area contributed by atoms with E-state index < -0.39 is 0 Å². The van der Waals surface area contributed by atoms with Crippen molar-refractivity contribution < 1.29 is 0 Å². The van der Waals surface area contributed by atoms with Crippen molar-refractivity contribution in [2.75, 3.05) is 27.2 Å². The lowest BCUT2D eigenvalue weighted by molar-refractivity contribution is 0.188. The molecule has 94 valence electrons. The summed E-state index contributed by atoms with van der Waals surface area (Å²) in [6.07, 6.45) is 4.83. The quantitative estimate of drug-likeness (QED) is 0.842. The number of nitrogens with two attached hydrogens (primary N) is 1. The standard InChI is InChI=1S/C15H24N2/c1-17(2)12-15(8-5-9-16)10-13-6-3-4-7-14(13)11-15/h3-4,6-7H,5,8-12,16H2,1-2H3. The first kappa shape index (κ1) is 12.6. The normalized spacial score (nSPS) is 17.4. The molecular weight excluding hydrogens is 208 g/mol. The molecule has 1 aromatic rings. The molecular formula is C15H24N2. The Morgan fingerprint density at radius 3 is 2.24 bits per heavy atom. The van der Waals surface area contributed by atoms with Crippen molar-refractivity contribution in [3.63, 3.8) is 0 Å². The molecule has 1 aromatic carbocycles. The maximum absolute atomic E-state index is 5.69. The summed E-state index contributed by atoms with van der Waals surface area (Å²) >= 11 is 0. The average molecular weight is 232 g/mol. The predicted molar refractivity (Wildman–Crippen MR) is 73.1 cm³/mol. The summed E-state index contributed by atoms with van der Waals surface area (Å²) in [7, 11) is 4.35. The van der Waals surface area contributed by atoms with Crippen LogP contribution in [-0.4, -0.2) is 32.1 Å². The van der Waals surface area contributed by atoms with Gasteiger partial charge in [-0.3, -0.25) is 0 Å². The van der Waals surface area contributed by atoms with Gasteiger partial charge in [-0.25, -0.2) is 0 Å². The van der Waals surface area contributed by atoms with E-state index in [2.05, 4.69) is 43.3 Å². The summed E-state index contributed by atoms with van der Waals surface area (Å²) in [6, 6.07) is 8.89. The molecule has 0 amide bonds. The second-order valence-electron chi connectivity index (χ2n) is 5.75. The third-order valence-corrected chi connectivity index (χ3v) is 3.81. The lowest BCUT2D eigenvalue weighted by atomic mass is 9.80. The number of nitrogens with zero attached hydrogens (tertiary/aromatic N) is 1. The lowest BCUT2D eigenvalue weighted by Crippen LogP contribution is -2.35. The Hall–Kier alpha value is -0.860. The molecule has 0 atom stereocenters. The Balaban J connectivity index is 2.15. The Labute approximate surface area is 105 Å². The monoisotopic (exact) mass is 232 g/mol. The lowest BCUT2D eigenvalue weighted by Gasteiger charge is -2.32. The molecule has 0 saturated carbocycles. The van der Waals surface area contributed by atoms with Gasteiger partial charge >= 0.3 is 0 Å². The van der Waals surface area contributed by atoms with Crippen molar-refractivity contribution in [3.05, 3.63) is 35.4 Å². The van der Waals surface area contributed by atoms with Crippen LogP contribution in [0.1, 0.15) is 24.0 Å². The number of rotatable bonds is 5. The summed E-state index contributed by atoms with van der Waals surface area (Å²) in [5.74, 6) is 0. The van der Waals surface area contributed by atoms with Gasteiger partial charge in [0.1, 0.15) is 0 Å². The van der Waals surface area contributed by atoms with Crippen LogP contribution in [0, 0.1) is 5.41 Å². The molecule has 0 radical (unpaired) electrons. The van der Waals surface area contributed by atoms with E-state index in [0.29, 0.717) is 5.41 Å². The van der Waals surface area contributed by atoms with Crippen LogP contribution in [0.25, 0.3) is 0 Å². The molecule has 17 heavy (non-hydrogen) atoms. The van der Waals surface area contributed by atoms with Crippen LogP contribution in [0.5, 0.6) is 0 Å². The van der Waals surface area contributed by atoms with Gasteiger partial charge in [-0.1, -0.05) is 24.3 Å². The summed E-state index contributed by atoms with van der Waals surface area (Å²) in [5, 5.41) is 0. The topological polar surface area (TPSA) is 29.3 Å². The highest BCUT2D eigenvalue weighted by atomic mass is 15.1. The van der Waals surface area contributed by atoms with E-state index in [9.17, 15) is 0 Å². The van der Waals surface area contributed by atoms with Gasteiger partial charge in [-0.2, -0.15) is 0 Å². The number of hydrogen-bond donors (Lipinski definition) is 1. The Bertz CT molecular complexity index is 346. The molecule has 2 rings (SSSR count). The summed E-state index contributed by atoms with van der Waals surface area (Å²) in [4.78, 5) is 2.32. The fourth-order valence-electron chi connectivity index (χ4n) is 3.29. The minimum Gasteiger partial charge on any atom is -0.330 e. The Morgan fingerprint density at radius 2 is 1.76 bits per heavy atom. The Kier molecular flexibility index (Phi) is 3.85. The molecule has 1 aliphatic rings. The van der Waals surface area contributed by atoms with Crippen molar-refractivity contribution in [3.8, 4) is 0 Å². The van der Waals surface area contributed by atoms with E-state index in [1.165, 1.54) is 25.8 Å². The number of hydrogen-bond acceptors (Lipinski definition) is 2. The van der Waals surface area contributed by atoms with Gasteiger partial charge in [-0.15, -0.1) is 0 Å². The summed E-state index contributed by atoms with van der Waals surface area (Å²) < 4.78 is 0. The first-order chi connectivity index (χ1) is 8.15.